The van der Waals surface area contributed by atoms with Gasteiger partial charge in [0, 0.05) is 35.2 Å². The lowest BCUT2D eigenvalue weighted by Crippen LogP contribution is -2.40. The molecule has 1 N–H and O–H groups in total. The van der Waals surface area contributed by atoms with E-state index < -0.39 is 0 Å². The normalized spacial score (nSPS) is 18.0. The third kappa shape index (κ3) is 3.27. The number of nitrogens with zero attached hydrogens (tertiary/aromatic N) is 2. The molecule has 2 aromatic rings. The summed E-state index contributed by atoms with van der Waals surface area (Å²) in [5.41, 5.74) is 0.677. The zero-order valence-electron chi connectivity index (χ0n) is 11.5. The summed E-state index contributed by atoms with van der Waals surface area (Å²) in [5.74, 6) is -0.0338. The van der Waals surface area contributed by atoms with Crippen LogP contribution in [0.2, 0.25) is 0 Å². The second-order valence-corrected chi connectivity index (χ2v) is 6.72. The molecule has 21 heavy (non-hydrogen) atoms. The minimum Gasteiger partial charge on any atom is -0.350 e. The van der Waals surface area contributed by atoms with Crippen LogP contribution in [0.3, 0.4) is 0 Å². The van der Waals surface area contributed by atoms with Crippen LogP contribution >= 0.6 is 27.3 Å². The van der Waals surface area contributed by atoms with Crippen LogP contribution < -0.4 is 10.2 Å². The van der Waals surface area contributed by atoms with Crippen LogP contribution in [0.1, 0.15) is 23.2 Å². The molecule has 2 heterocycles. The molecule has 1 saturated heterocycles. The molecule has 1 aliphatic heterocycles. The number of carbonyl (C=O) groups is 1. The zero-order chi connectivity index (χ0) is 14.7. The maximum absolute atomic E-state index is 12.2. The summed E-state index contributed by atoms with van der Waals surface area (Å²) >= 11 is 5.07. The molecule has 110 valence electrons. The van der Waals surface area contributed by atoms with Gasteiger partial charge in [-0.2, -0.15) is 0 Å². The number of rotatable bonds is 4. The van der Waals surface area contributed by atoms with Crippen LogP contribution in [-0.2, 0) is 0 Å². The third-order valence-electron chi connectivity index (χ3n) is 3.66. The molecule has 1 atom stereocenters. The fourth-order valence-electron chi connectivity index (χ4n) is 2.61. The van der Waals surface area contributed by atoms with E-state index >= 15 is 0 Å². The Morgan fingerprint density at radius 3 is 3.10 bits per heavy atom. The van der Waals surface area contributed by atoms with Crippen molar-refractivity contribution in [3.8, 4) is 0 Å². The lowest BCUT2D eigenvalue weighted by Gasteiger charge is -2.24. The van der Waals surface area contributed by atoms with Crippen LogP contribution in [0.5, 0.6) is 0 Å². The number of thiazole rings is 1. The van der Waals surface area contributed by atoms with Crippen molar-refractivity contribution >= 4 is 38.3 Å². The van der Waals surface area contributed by atoms with E-state index in [4.69, 9.17) is 0 Å². The second-order valence-electron chi connectivity index (χ2n) is 4.99. The molecule has 3 rings (SSSR count). The number of hydrogen-bond acceptors (Lipinski definition) is 4. The number of carbonyl (C=O) groups excluding carboxylic acids is 1. The summed E-state index contributed by atoms with van der Waals surface area (Å²) in [6.45, 7) is 1.67. The molecular weight excluding hydrogens is 350 g/mol. The minimum absolute atomic E-state index is 0.0338. The van der Waals surface area contributed by atoms with Gasteiger partial charge in [-0.3, -0.25) is 4.79 Å². The van der Waals surface area contributed by atoms with Gasteiger partial charge in [-0.25, -0.2) is 4.98 Å². The SMILES string of the molecule is O=C(NC[C@@H]1CCCN1c1nccs1)c1ccccc1Br. The lowest BCUT2D eigenvalue weighted by atomic mass is 10.2. The van der Waals surface area contributed by atoms with Gasteiger partial charge in [0.15, 0.2) is 5.13 Å². The van der Waals surface area contributed by atoms with Gasteiger partial charge in [-0.1, -0.05) is 12.1 Å². The van der Waals surface area contributed by atoms with Gasteiger partial charge in [0.05, 0.1) is 5.56 Å². The Hall–Kier alpha value is -1.40. The average Bonchev–Trinajstić information content (AvgIpc) is 3.16. The molecule has 1 aliphatic rings. The maximum atomic E-state index is 12.2. The molecule has 6 heteroatoms. The predicted octanol–water partition coefficient (Wildman–Crippen LogP) is 3.30. The van der Waals surface area contributed by atoms with E-state index in [0.717, 1.165) is 29.0 Å². The first kappa shape index (κ1) is 14.5. The Labute approximate surface area is 136 Å². The Kier molecular flexibility index (Phi) is 4.55. The molecule has 0 radical (unpaired) electrons. The standard InChI is InChI=1S/C15H16BrN3OS/c16-13-6-2-1-5-12(13)14(20)18-10-11-4-3-8-19(11)15-17-7-9-21-15/h1-2,5-7,9,11H,3-4,8,10H2,(H,18,20)/t11-/m0/s1. The van der Waals surface area contributed by atoms with E-state index in [2.05, 4.69) is 31.1 Å². The summed E-state index contributed by atoms with van der Waals surface area (Å²) in [6.07, 6.45) is 4.07. The van der Waals surface area contributed by atoms with Crippen LogP contribution in [0, 0.1) is 0 Å². The number of hydrogen-bond donors (Lipinski definition) is 1. The lowest BCUT2D eigenvalue weighted by molar-refractivity contribution is 0.0950. The Morgan fingerprint density at radius 2 is 2.33 bits per heavy atom. The summed E-state index contributed by atoms with van der Waals surface area (Å²) in [6, 6.07) is 7.82. The molecular formula is C15H16BrN3OS. The van der Waals surface area contributed by atoms with Crippen molar-refractivity contribution in [2.75, 3.05) is 18.0 Å². The van der Waals surface area contributed by atoms with Crippen molar-refractivity contribution < 1.29 is 4.79 Å². The van der Waals surface area contributed by atoms with Gasteiger partial charge in [0.1, 0.15) is 0 Å². The van der Waals surface area contributed by atoms with Gasteiger partial charge in [-0.15, -0.1) is 11.3 Å². The summed E-state index contributed by atoms with van der Waals surface area (Å²) < 4.78 is 0.825. The number of anilines is 1. The first-order valence-corrected chi connectivity index (χ1v) is 8.62. The van der Waals surface area contributed by atoms with Crippen molar-refractivity contribution in [3.05, 3.63) is 45.9 Å². The van der Waals surface area contributed by atoms with Gasteiger partial charge in [0.25, 0.3) is 5.91 Å². The first-order chi connectivity index (χ1) is 10.3. The monoisotopic (exact) mass is 365 g/mol. The van der Waals surface area contributed by atoms with Crippen molar-refractivity contribution in [3.63, 3.8) is 0 Å². The Bertz CT molecular complexity index is 617. The quantitative estimate of drug-likeness (QED) is 0.903. The largest absolute Gasteiger partial charge is 0.350 e. The maximum Gasteiger partial charge on any atom is 0.252 e. The van der Waals surface area contributed by atoms with Crippen LogP contribution in [0.15, 0.2) is 40.3 Å². The molecule has 0 spiro atoms. The molecule has 0 unspecified atom stereocenters. The smallest absolute Gasteiger partial charge is 0.252 e. The summed E-state index contributed by atoms with van der Waals surface area (Å²) in [7, 11) is 0. The van der Waals surface area contributed by atoms with Gasteiger partial charge < -0.3 is 10.2 Å². The van der Waals surface area contributed by atoms with Crippen molar-refractivity contribution in [2.24, 2.45) is 0 Å². The van der Waals surface area contributed by atoms with E-state index in [1.165, 1.54) is 0 Å². The molecule has 1 fully saturated rings. The second kappa shape index (κ2) is 6.58. The number of benzene rings is 1. The highest BCUT2D eigenvalue weighted by Gasteiger charge is 2.26. The Balaban J connectivity index is 1.62. The minimum atomic E-state index is -0.0338. The summed E-state index contributed by atoms with van der Waals surface area (Å²) in [5, 5.41) is 6.08. The van der Waals surface area contributed by atoms with E-state index in [1.807, 2.05) is 35.8 Å². The number of halogens is 1. The van der Waals surface area contributed by atoms with Crippen molar-refractivity contribution in [1.29, 1.82) is 0 Å². The van der Waals surface area contributed by atoms with Gasteiger partial charge in [0.2, 0.25) is 0 Å². The fraction of sp³-hybridized carbons (Fsp3) is 0.333. The number of aromatic nitrogens is 1. The predicted molar refractivity (Wildman–Crippen MR) is 89.0 cm³/mol. The van der Waals surface area contributed by atoms with Crippen LogP contribution in [-0.4, -0.2) is 30.0 Å². The van der Waals surface area contributed by atoms with Crippen LogP contribution in [0.4, 0.5) is 5.13 Å². The highest BCUT2D eigenvalue weighted by molar-refractivity contribution is 9.10. The van der Waals surface area contributed by atoms with E-state index in [1.54, 1.807) is 11.3 Å². The fourth-order valence-corrected chi connectivity index (χ4v) is 3.81. The molecule has 1 aromatic heterocycles. The van der Waals surface area contributed by atoms with Crippen molar-refractivity contribution in [2.45, 2.75) is 18.9 Å². The van der Waals surface area contributed by atoms with Crippen LogP contribution in [0.25, 0.3) is 0 Å². The number of nitrogens with one attached hydrogen (secondary N) is 1. The Morgan fingerprint density at radius 1 is 1.48 bits per heavy atom. The van der Waals surface area contributed by atoms with E-state index in [9.17, 15) is 4.79 Å². The molecule has 1 amide bonds. The van der Waals surface area contributed by atoms with Crippen molar-refractivity contribution in [1.82, 2.24) is 10.3 Å². The molecule has 1 aromatic carbocycles. The highest BCUT2D eigenvalue weighted by atomic mass is 79.9. The number of amides is 1. The van der Waals surface area contributed by atoms with E-state index in [-0.39, 0.29) is 5.91 Å². The first-order valence-electron chi connectivity index (χ1n) is 6.94. The third-order valence-corrected chi connectivity index (χ3v) is 5.16. The zero-order valence-corrected chi connectivity index (χ0v) is 13.9. The molecule has 0 aliphatic carbocycles. The topological polar surface area (TPSA) is 45.2 Å². The van der Waals surface area contributed by atoms with E-state index in [0.29, 0.717) is 18.2 Å². The summed E-state index contributed by atoms with van der Waals surface area (Å²) in [4.78, 5) is 18.9. The van der Waals surface area contributed by atoms with Gasteiger partial charge in [-0.05, 0) is 40.9 Å². The molecule has 0 bridgehead atoms. The molecule has 4 nitrogen and oxygen atoms in total. The highest BCUT2D eigenvalue weighted by Crippen LogP contribution is 2.26. The molecule has 0 saturated carbocycles. The average molecular weight is 366 g/mol. The van der Waals surface area contributed by atoms with Gasteiger partial charge >= 0.3 is 0 Å².